The topological polar surface area (TPSA) is 208 Å². The Hall–Kier alpha value is -4.26. The molecule has 0 heterocycles. The molecule has 0 aliphatic rings. The monoisotopic (exact) mass is 856 g/mol. The zero-order valence-corrected chi connectivity index (χ0v) is 35.8. The first-order chi connectivity index (χ1) is 27.4. The highest BCUT2D eigenvalue weighted by atomic mass is 32.2. The number of nitrogens with two attached hydrogens (primary N) is 1. The number of nitrogens with zero attached hydrogens (tertiary/aromatic N) is 3. The number of nitrogen functional groups attached to an aromatic ring is 1. The third kappa shape index (κ3) is 15.7. The van der Waals surface area contributed by atoms with Gasteiger partial charge in [0.25, 0.3) is 5.69 Å². The molecule has 326 valence electrons. The molecule has 0 radical (unpaired) electrons. The first kappa shape index (κ1) is 50.9. The molecule has 14 nitrogen and oxygen atoms in total. The van der Waals surface area contributed by atoms with Gasteiger partial charge in [0.1, 0.15) is 0 Å². The smallest absolute Gasteiger partial charge is 0.269 e. The van der Waals surface area contributed by atoms with Crippen molar-refractivity contribution in [2.45, 2.75) is 82.0 Å². The van der Waals surface area contributed by atoms with Gasteiger partial charge in [0.2, 0.25) is 20.0 Å². The minimum Gasteiger partial charge on any atom is -0.399 e. The van der Waals surface area contributed by atoms with Crippen LogP contribution >= 0.6 is 0 Å². The molecule has 0 unspecified atom stereocenters. The number of non-ortho nitro benzene ring substituents is 1. The molecule has 0 bridgehead atoms. The fraction of sp³-hybridized carbons (Fsp3) is 0.442. The highest BCUT2D eigenvalue weighted by Gasteiger charge is 2.32. The van der Waals surface area contributed by atoms with Crippen molar-refractivity contribution in [3.63, 3.8) is 0 Å². The van der Waals surface area contributed by atoms with Crippen molar-refractivity contribution in [3.05, 3.63) is 130 Å². The second kappa shape index (κ2) is 24.1. The number of sulfonamides is 2. The SMILES string of the molecule is C.CN[C@@H](Cc1ccccc1)[C@H](O)CN(CC(C)C)S(=O)(=O)c1ccc(N)cc1.CN[C@@H](Cc1ccccc1)[C@H](O)CN(CC(C)C)S(=O)(=O)c1ccc([N+](=O)[O-])cc1. The molecule has 6 N–H and O–H groups in total. The summed E-state index contributed by atoms with van der Waals surface area (Å²) >= 11 is 0. The maximum Gasteiger partial charge on any atom is 0.269 e. The van der Waals surface area contributed by atoms with Gasteiger partial charge in [-0.2, -0.15) is 8.61 Å². The molecule has 0 aliphatic heterocycles. The van der Waals surface area contributed by atoms with Gasteiger partial charge in [0.05, 0.1) is 26.9 Å². The lowest BCUT2D eigenvalue weighted by Gasteiger charge is -2.30. The summed E-state index contributed by atoms with van der Waals surface area (Å²) < 4.78 is 55.2. The number of likely N-dealkylation sites (N-methyl/N-ethyl adjacent to an activating group) is 2. The van der Waals surface area contributed by atoms with Gasteiger partial charge in [-0.15, -0.1) is 0 Å². The van der Waals surface area contributed by atoms with Crippen LogP contribution in [0.3, 0.4) is 0 Å². The van der Waals surface area contributed by atoms with E-state index in [1.165, 1.54) is 45.0 Å². The first-order valence-electron chi connectivity index (χ1n) is 19.3. The highest BCUT2D eigenvalue weighted by Crippen LogP contribution is 2.23. The lowest BCUT2D eigenvalue weighted by molar-refractivity contribution is -0.384. The number of aliphatic hydroxyl groups excluding tert-OH is 2. The molecule has 4 atom stereocenters. The fourth-order valence-electron chi connectivity index (χ4n) is 6.30. The Morgan fingerprint density at radius 3 is 1.25 bits per heavy atom. The van der Waals surface area contributed by atoms with Crippen molar-refractivity contribution >= 4 is 31.4 Å². The number of rotatable bonds is 21. The van der Waals surface area contributed by atoms with E-state index in [0.29, 0.717) is 25.1 Å². The predicted octanol–water partition coefficient (Wildman–Crippen LogP) is 5.18. The summed E-state index contributed by atoms with van der Waals surface area (Å²) in [7, 11) is -4.15. The standard InChI is InChI=1S/C21H29N3O5S.C21H31N3O3S.CH4/c1-16(2)14-23(30(28,29)19-11-9-18(10-12-19)24(26)27)15-21(25)20(22-3)13-17-7-5-4-6-8-17;1-16(2)14-24(28(26,27)19-11-9-18(22)10-12-19)15-21(25)20(23-3)13-17-7-5-4-6-8-17;/h4-12,16,20-22,25H,13-15H2,1-3H3;4-12,16,20-21,23,25H,13-15,22H2,1-3H3;1H4/t2*20-,21+;/m00./s1. The van der Waals surface area contributed by atoms with Gasteiger partial charge in [-0.25, -0.2) is 16.8 Å². The lowest BCUT2D eigenvalue weighted by Crippen LogP contribution is -2.48. The van der Waals surface area contributed by atoms with Crippen molar-refractivity contribution in [3.8, 4) is 0 Å². The number of nitrogens with one attached hydrogen (secondary N) is 2. The summed E-state index contributed by atoms with van der Waals surface area (Å²) in [6.07, 6.45) is -0.643. The Balaban J connectivity index is 0.000000401. The number of anilines is 1. The molecule has 4 rings (SSSR count). The van der Waals surface area contributed by atoms with E-state index in [4.69, 9.17) is 5.73 Å². The number of aliphatic hydroxyl groups is 2. The van der Waals surface area contributed by atoms with Crippen LogP contribution in [0.4, 0.5) is 11.4 Å². The van der Waals surface area contributed by atoms with Crippen LogP contribution in [0.2, 0.25) is 0 Å². The molecule has 0 amide bonds. The van der Waals surface area contributed by atoms with Crippen LogP contribution in [0.5, 0.6) is 0 Å². The maximum absolute atomic E-state index is 13.2. The Morgan fingerprint density at radius 2 is 0.949 bits per heavy atom. The van der Waals surface area contributed by atoms with E-state index >= 15 is 0 Å². The minimum atomic E-state index is -3.93. The van der Waals surface area contributed by atoms with Crippen molar-refractivity contribution in [1.29, 1.82) is 0 Å². The van der Waals surface area contributed by atoms with Gasteiger partial charge in [-0.05, 0) is 86.3 Å². The summed E-state index contributed by atoms with van der Waals surface area (Å²) in [5, 5.41) is 38.7. The summed E-state index contributed by atoms with van der Waals surface area (Å²) in [4.78, 5) is 10.4. The fourth-order valence-corrected chi connectivity index (χ4v) is 9.55. The molecule has 4 aromatic carbocycles. The van der Waals surface area contributed by atoms with E-state index in [-0.39, 0.29) is 66.5 Å². The van der Waals surface area contributed by atoms with Crippen LogP contribution in [0.1, 0.15) is 46.2 Å². The van der Waals surface area contributed by atoms with E-state index in [1.54, 1.807) is 26.2 Å². The Bertz CT molecular complexity index is 2040. The van der Waals surface area contributed by atoms with E-state index in [2.05, 4.69) is 10.6 Å². The highest BCUT2D eigenvalue weighted by molar-refractivity contribution is 7.89. The number of benzene rings is 4. The molecule has 0 aromatic heterocycles. The van der Waals surface area contributed by atoms with Crippen LogP contribution in [-0.2, 0) is 32.9 Å². The second-order valence-electron chi connectivity index (χ2n) is 15.1. The first-order valence-corrected chi connectivity index (χ1v) is 22.2. The molecule has 0 fully saturated rings. The number of hydrogen-bond acceptors (Lipinski definition) is 11. The van der Waals surface area contributed by atoms with Crippen molar-refractivity contribution in [1.82, 2.24) is 19.2 Å². The second-order valence-corrected chi connectivity index (χ2v) is 18.9. The van der Waals surface area contributed by atoms with Gasteiger partial charge in [0.15, 0.2) is 0 Å². The Labute approximate surface area is 351 Å². The minimum absolute atomic E-state index is 0. The van der Waals surface area contributed by atoms with Gasteiger partial charge >= 0.3 is 0 Å². The number of nitro groups is 1. The van der Waals surface area contributed by atoms with E-state index in [0.717, 1.165) is 11.1 Å². The summed E-state index contributed by atoms with van der Waals surface area (Å²) in [5.74, 6) is 0.157. The average Bonchev–Trinajstić information content (AvgIpc) is 3.19. The summed E-state index contributed by atoms with van der Waals surface area (Å²) in [5.41, 5.74) is 8.12. The number of nitro benzene ring substituents is 1. The van der Waals surface area contributed by atoms with Crippen LogP contribution in [0.15, 0.2) is 119 Å². The summed E-state index contributed by atoms with van der Waals surface area (Å²) in [6.45, 7) is 8.17. The average molecular weight is 857 g/mol. The van der Waals surface area contributed by atoms with Crippen molar-refractivity contribution in [2.75, 3.05) is 46.0 Å². The lowest BCUT2D eigenvalue weighted by atomic mass is 10.0. The Kier molecular flexibility index (Phi) is 20.8. The molecule has 0 spiro atoms. The normalized spacial score (nSPS) is 14.0. The molecule has 0 saturated carbocycles. The molecule has 4 aromatic rings. The Morgan fingerprint density at radius 1 is 0.610 bits per heavy atom. The molecular weight excluding hydrogens is 793 g/mol. The molecular formula is C43H64N6O8S2. The third-order valence-electron chi connectivity index (χ3n) is 9.39. The zero-order chi connectivity index (χ0) is 43.0. The van der Waals surface area contributed by atoms with Gasteiger partial charge in [0, 0.05) is 56.1 Å². The zero-order valence-electron chi connectivity index (χ0n) is 34.2. The molecule has 0 aliphatic carbocycles. The van der Waals surface area contributed by atoms with Crippen LogP contribution in [-0.4, -0.2) is 105 Å². The molecule has 0 saturated heterocycles. The van der Waals surface area contributed by atoms with E-state index in [9.17, 15) is 37.2 Å². The van der Waals surface area contributed by atoms with Gasteiger partial charge in [-0.1, -0.05) is 95.8 Å². The van der Waals surface area contributed by atoms with Crippen LogP contribution < -0.4 is 16.4 Å². The maximum atomic E-state index is 13.2. The molecule has 59 heavy (non-hydrogen) atoms. The van der Waals surface area contributed by atoms with Crippen molar-refractivity contribution in [2.24, 2.45) is 11.8 Å². The number of hydrogen-bond donors (Lipinski definition) is 5. The molecule has 16 heteroatoms. The van der Waals surface area contributed by atoms with Gasteiger partial charge < -0.3 is 26.6 Å². The predicted molar refractivity (Wildman–Crippen MR) is 236 cm³/mol. The van der Waals surface area contributed by atoms with E-state index < -0.39 is 37.2 Å². The van der Waals surface area contributed by atoms with E-state index in [1.807, 2.05) is 88.4 Å². The summed E-state index contributed by atoms with van der Waals surface area (Å²) in [6, 6.07) is 29.8. The van der Waals surface area contributed by atoms with Crippen molar-refractivity contribution < 1.29 is 32.0 Å². The third-order valence-corrected chi connectivity index (χ3v) is 13.1. The van der Waals surface area contributed by atoms with Crippen LogP contribution in [0.25, 0.3) is 0 Å². The van der Waals surface area contributed by atoms with Gasteiger partial charge in [-0.3, -0.25) is 10.1 Å². The van der Waals surface area contributed by atoms with Crippen LogP contribution in [0, 0.1) is 22.0 Å². The quantitative estimate of drug-likeness (QED) is 0.0419. The largest absolute Gasteiger partial charge is 0.399 e.